The summed E-state index contributed by atoms with van der Waals surface area (Å²) >= 11 is 0. The maximum absolute atomic E-state index is 9.79. The Labute approximate surface area is 85.8 Å². The summed E-state index contributed by atoms with van der Waals surface area (Å²) in [4.78, 5) is 0. The second kappa shape index (κ2) is 4.49. The van der Waals surface area contributed by atoms with Crippen LogP contribution in [0.2, 0.25) is 0 Å². The molecule has 0 aliphatic carbocycles. The van der Waals surface area contributed by atoms with Crippen molar-refractivity contribution < 1.29 is 5.11 Å². The Morgan fingerprint density at radius 1 is 1.43 bits per heavy atom. The summed E-state index contributed by atoms with van der Waals surface area (Å²) in [5.74, 6) is 0.844. The number of aromatic hydroxyl groups is 1. The van der Waals surface area contributed by atoms with Gasteiger partial charge in [0.05, 0.1) is 5.69 Å². The minimum Gasteiger partial charge on any atom is -0.493 e. The van der Waals surface area contributed by atoms with Crippen LogP contribution in [-0.4, -0.2) is 14.9 Å². The Bertz CT molecular complexity index is 302. The monoisotopic (exact) mass is 196 g/mol. The highest BCUT2D eigenvalue weighted by Crippen LogP contribution is 2.21. The van der Waals surface area contributed by atoms with Crippen molar-refractivity contribution in [3.05, 3.63) is 11.3 Å². The summed E-state index contributed by atoms with van der Waals surface area (Å²) in [6, 6.07) is 0. The third-order valence-electron chi connectivity index (χ3n) is 2.28. The van der Waals surface area contributed by atoms with Gasteiger partial charge in [0.1, 0.15) is 0 Å². The SMILES string of the molecule is CCCc1nn(CC(C)C)c(O)c1C. The van der Waals surface area contributed by atoms with Gasteiger partial charge in [0.25, 0.3) is 0 Å². The molecule has 0 saturated heterocycles. The molecule has 3 nitrogen and oxygen atoms in total. The molecule has 0 amide bonds. The Morgan fingerprint density at radius 2 is 2.07 bits per heavy atom. The van der Waals surface area contributed by atoms with E-state index in [9.17, 15) is 5.11 Å². The van der Waals surface area contributed by atoms with Crippen molar-refractivity contribution in [1.29, 1.82) is 0 Å². The van der Waals surface area contributed by atoms with E-state index in [-0.39, 0.29) is 0 Å². The predicted molar refractivity (Wildman–Crippen MR) is 57.5 cm³/mol. The van der Waals surface area contributed by atoms with E-state index in [1.54, 1.807) is 4.68 Å². The van der Waals surface area contributed by atoms with Crippen LogP contribution in [-0.2, 0) is 13.0 Å². The highest BCUT2D eigenvalue weighted by molar-refractivity contribution is 5.28. The highest BCUT2D eigenvalue weighted by Gasteiger charge is 2.12. The van der Waals surface area contributed by atoms with Crippen LogP contribution in [0.15, 0.2) is 0 Å². The Hall–Kier alpha value is -0.990. The Kier molecular flexibility index (Phi) is 3.55. The average Bonchev–Trinajstić information content (AvgIpc) is 2.34. The zero-order valence-corrected chi connectivity index (χ0v) is 9.54. The molecule has 1 heterocycles. The third-order valence-corrected chi connectivity index (χ3v) is 2.28. The van der Waals surface area contributed by atoms with Crippen LogP contribution in [0, 0.1) is 12.8 Å². The number of rotatable bonds is 4. The molecular formula is C11H20N2O. The van der Waals surface area contributed by atoms with Crippen molar-refractivity contribution in [2.45, 2.75) is 47.1 Å². The van der Waals surface area contributed by atoms with E-state index in [1.165, 1.54) is 0 Å². The molecule has 0 aromatic carbocycles. The van der Waals surface area contributed by atoms with E-state index in [0.717, 1.165) is 30.6 Å². The smallest absolute Gasteiger partial charge is 0.212 e. The lowest BCUT2D eigenvalue weighted by molar-refractivity contribution is 0.369. The topological polar surface area (TPSA) is 38.0 Å². The van der Waals surface area contributed by atoms with Crippen LogP contribution in [0.3, 0.4) is 0 Å². The molecule has 0 radical (unpaired) electrons. The summed E-state index contributed by atoms with van der Waals surface area (Å²) < 4.78 is 1.71. The normalized spacial score (nSPS) is 11.2. The molecule has 1 aromatic heterocycles. The first-order valence-corrected chi connectivity index (χ1v) is 5.31. The second-order valence-electron chi connectivity index (χ2n) is 4.22. The predicted octanol–water partition coefficient (Wildman–Crippen LogP) is 2.51. The summed E-state index contributed by atoms with van der Waals surface area (Å²) in [7, 11) is 0. The lowest BCUT2D eigenvalue weighted by Crippen LogP contribution is -2.05. The van der Waals surface area contributed by atoms with Crippen molar-refractivity contribution in [3.63, 3.8) is 0 Å². The minimum atomic E-state index is 0.335. The zero-order valence-electron chi connectivity index (χ0n) is 9.54. The summed E-state index contributed by atoms with van der Waals surface area (Å²) in [6.45, 7) is 9.09. The van der Waals surface area contributed by atoms with Crippen LogP contribution in [0.4, 0.5) is 0 Å². The van der Waals surface area contributed by atoms with Gasteiger partial charge >= 0.3 is 0 Å². The van der Waals surface area contributed by atoms with Gasteiger partial charge in [-0.25, -0.2) is 4.68 Å². The fourth-order valence-corrected chi connectivity index (χ4v) is 1.54. The zero-order chi connectivity index (χ0) is 10.7. The van der Waals surface area contributed by atoms with Crippen molar-refractivity contribution in [2.24, 2.45) is 5.92 Å². The lowest BCUT2D eigenvalue weighted by Gasteiger charge is -2.05. The van der Waals surface area contributed by atoms with Gasteiger partial charge in [-0.05, 0) is 19.3 Å². The molecule has 0 bridgehead atoms. The van der Waals surface area contributed by atoms with Gasteiger partial charge in [0, 0.05) is 12.1 Å². The largest absolute Gasteiger partial charge is 0.493 e. The molecule has 0 saturated carbocycles. The second-order valence-corrected chi connectivity index (χ2v) is 4.22. The van der Waals surface area contributed by atoms with E-state index in [2.05, 4.69) is 25.9 Å². The fourth-order valence-electron chi connectivity index (χ4n) is 1.54. The molecule has 14 heavy (non-hydrogen) atoms. The van der Waals surface area contributed by atoms with Gasteiger partial charge in [-0.3, -0.25) is 0 Å². The maximum atomic E-state index is 9.79. The quantitative estimate of drug-likeness (QED) is 0.803. The number of aromatic nitrogens is 2. The molecule has 0 fully saturated rings. The van der Waals surface area contributed by atoms with Gasteiger partial charge in [-0.1, -0.05) is 27.2 Å². The molecule has 0 spiro atoms. The lowest BCUT2D eigenvalue weighted by atomic mass is 10.2. The summed E-state index contributed by atoms with van der Waals surface area (Å²) in [5, 5.41) is 14.2. The molecule has 1 rings (SSSR count). The van der Waals surface area contributed by atoms with Crippen LogP contribution in [0.1, 0.15) is 38.4 Å². The number of aryl methyl sites for hydroxylation is 1. The third kappa shape index (κ3) is 2.28. The molecular weight excluding hydrogens is 176 g/mol. The van der Waals surface area contributed by atoms with E-state index in [4.69, 9.17) is 0 Å². The molecule has 80 valence electrons. The van der Waals surface area contributed by atoms with Crippen LogP contribution in [0.25, 0.3) is 0 Å². The van der Waals surface area contributed by atoms with E-state index in [1.807, 2.05) is 6.92 Å². The minimum absolute atomic E-state index is 0.335. The molecule has 0 aliphatic rings. The Balaban J connectivity index is 2.90. The molecule has 3 heteroatoms. The fraction of sp³-hybridized carbons (Fsp3) is 0.727. The van der Waals surface area contributed by atoms with Crippen molar-refractivity contribution in [1.82, 2.24) is 9.78 Å². The summed E-state index contributed by atoms with van der Waals surface area (Å²) in [6.07, 6.45) is 2.02. The maximum Gasteiger partial charge on any atom is 0.212 e. The van der Waals surface area contributed by atoms with Gasteiger partial charge in [-0.15, -0.1) is 0 Å². The van der Waals surface area contributed by atoms with Crippen LogP contribution < -0.4 is 0 Å². The van der Waals surface area contributed by atoms with E-state index >= 15 is 0 Å². The first kappa shape index (κ1) is 11.1. The molecule has 1 N–H and O–H groups in total. The van der Waals surface area contributed by atoms with E-state index < -0.39 is 0 Å². The average molecular weight is 196 g/mol. The van der Waals surface area contributed by atoms with Gasteiger partial charge in [0.2, 0.25) is 5.88 Å². The van der Waals surface area contributed by atoms with Gasteiger partial charge in [-0.2, -0.15) is 5.10 Å². The van der Waals surface area contributed by atoms with E-state index in [0.29, 0.717) is 11.8 Å². The van der Waals surface area contributed by atoms with Crippen molar-refractivity contribution in [2.75, 3.05) is 0 Å². The van der Waals surface area contributed by atoms with Crippen molar-refractivity contribution >= 4 is 0 Å². The first-order chi connectivity index (χ1) is 6.56. The molecule has 0 unspecified atom stereocenters. The summed E-state index contributed by atoms with van der Waals surface area (Å²) in [5.41, 5.74) is 1.97. The molecule has 1 aromatic rings. The van der Waals surface area contributed by atoms with Crippen LogP contribution in [0.5, 0.6) is 5.88 Å². The molecule has 0 atom stereocenters. The highest BCUT2D eigenvalue weighted by atomic mass is 16.3. The number of hydrogen-bond acceptors (Lipinski definition) is 2. The van der Waals surface area contributed by atoms with Crippen molar-refractivity contribution in [3.8, 4) is 5.88 Å². The Morgan fingerprint density at radius 3 is 2.57 bits per heavy atom. The standard InChI is InChI=1S/C11H20N2O/c1-5-6-10-9(4)11(14)13(12-10)7-8(2)3/h8,14H,5-7H2,1-4H3. The molecule has 0 aliphatic heterocycles. The first-order valence-electron chi connectivity index (χ1n) is 5.31. The van der Waals surface area contributed by atoms with Gasteiger partial charge < -0.3 is 5.11 Å². The number of nitrogens with zero attached hydrogens (tertiary/aromatic N) is 2. The van der Waals surface area contributed by atoms with Gasteiger partial charge in [0.15, 0.2) is 0 Å². The number of hydrogen-bond donors (Lipinski definition) is 1. The van der Waals surface area contributed by atoms with Crippen LogP contribution >= 0.6 is 0 Å².